The van der Waals surface area contributed by atoms with Gasteiger partial charge in [-0.15, -0.1) is 0 Å². The lowest BCUT2D eigenvalue weighted by Gasteiger charge is -2.11. The highest BCUT2D eigenvalue weighted by Crippen LogP contribution is 2.34. The van der Waals surface area contributed by atoms with Crippen LogP contribution in [0.3, 0.4) is 0 Å². The van der Waals surface area contributed by atoms with E-state index in [4.69, 9.17) is 5.10 Å². The highest BCUT2D eigenvalue weighted by atomic mass is 15.3. The van der Waals surface area contributed by atoms with Crippen LogP contribution in [0.4, 0.5) is 5.82 Å². The van der Waals surface area contributed by atoms with Crippen molar-refractivity contribution < 1.29 is 0 Å². The zero-order valence-corrected chi connectivity index (χ0v) is 13.3. The summed E-state index contributed by atoms with van der Waals surface area (Å²) in [5.74, 6) is 1.14. The SMILES string of the molecule is Cc1ccccc1-n1nc(-c2ccncc2)c2c1NCCCC2. The number of pyridine rings is 1. The lowest BCUT2D eigenvalue weighted by Crippen LogP contribution is -2.08. The molecule has 1 N–H and O–H groups in total. The molecule has 4 rings (SSSR count). The van der Waals surface area contributed by atoms with Gasteiger partial charge in [0.1, 0.15) is 5.82 Å². The van der Waals surface area contributed by atoms with E-state index in [1.54, 1.807) is 0 Å². The first kappa shape index (κ1) is 14.0. The minimum Gasteiger partial charge on any atom is -0.370 e. The fourth-order valence-corrected chi connectivity index (χ4v) is 3.22. The van der Waals surface area contributed by atoms with Crippen LogP contribution < -0.4 is 5.32 Å². The predicted octanol–water partition coefficient (Wildman–Crippen LogP) is 3.99. The number of rotatable bonds is 2. The molecule has 0 amide bonds. The Bertz CT molecular complexity index is 821. The number of para-hydroxylation sites is 1. The van der Waals surface area contributed by atoms with E-state index in [2.05, 4.69) is 46.2 Å². The molecule has 0 bridgehead atoms. The third-order valence-electron chi connectivity index (χ3n) is 4.43. The van der Waals surface area contributed by atoms with Crippen molar-refractivity contribution in [3.8, 4) is 16.9 Å². The molecule has 23 heavy (non-hydrogen) atoms. The van der Waals surface area contributed by atoms with Gasteiger partial charge in [-0.3, -0.25) is 4.98 Å². The lowest BCUT2D eigenvalue weighted by atomic mass is 10.0. The van der Waals surface area contributed by atoms with Crippen LogP contribution in [0.2, 0.25) is 0 Å². The molecule has 116 valence electrons. The van der Waals surface area contributed by atoms with Gasteiger partial charge in [0.15, 0.2) is 0 Å². The molecule has 1 aliphatic rings. The van der Waals surface area contributed by atoms with E-state index >= 15 is 0 Å². The van der Waals surface area contributed by atoms with Gasteiger partial charge in [-0.25, -0.2) is 4.68 Å². The summed E-state index contributed by atoms with van der Waals surface area (Å²) < 4.78 is 2.08. The molecule has 0 atom stereocenters. The van der Waals surface area contributed by atoms with E-state index in [1.165, 1.54) is 24.0 Å². The second kappa shape index (κ2) is 5.88. The molecular formula is C19H20N4. The molecule has 0 radical (unpaired) electrons. The van der Waals surface area contributed by atoms with Crippen molar-refractivity contribution in [2.45, 2.75) is 26.2 Å². The van der Waals surface area contributed by atoms with Crippen LogP contribution in [0.5, 0.6) is 0 Å². The zero-order chi connectivity index (χ0) is 15.6. The Kier molecular flexibility index (Phi) is 3.58. The number of aryl methyl sites for hydroxylation is 1. The molecule has 4 nitrogen and oxygen atoms in total. The molecular weight excluding hydrogens is 284 g/mol. The highest BCUT2D eigenvalue weighted by molar-refractivity contribution is 5.71. The van der Waals surface area contributed by atoms with Crippen molar-refractivity contribution in [2.75, 3.05) is 11.9 Å². The van der Waals surface area contributed by atoms with Crippen molar-refractivity contribution in [1.82, 2.24) is 14.8 Å². The van der Waals surface area contributed by atoms with Crippen LogP contribution in [-0.4, -0.2) is 21.3 Å². The highest BCUT2D eigenvalue weighted by Gasteiger charge is 2.22. The van der Waals surface area contributed by atoms with E-state index < -0.39 is 0 Å². The van der Waals surface area contributed by atoms with Crippen LogP contribution in [-0.2, 0) is 6.42 Å². The molecule has 4 heteroatoms. The summed E-state index contributed by atoms with van der Waals surface area (Å²) in [6.45, 7) is 3.13. The lowest BCUT2D eigenvalue weighted by molar-refractivity contribution is 0.779. The van der Waals surface area contributed by atoms with Gasteiger partial charge in [0.25, 0.3) is 0 Å². The Morgan fingerprint density at radius 3 is 2.70 bits per heavy atom. The van der Waals surface area contributed by atoms with Gasteiger partial charge in [-0.1, -0.05) is 18.2 Å². The molecule has 0 saturated heterocycles. The van der Waals surface area contributed by atoms with E-state index in [1.807, 2.05) is 24.5 Å². The number of hydrogen-bond acceptors (Lipinski definition) is 3. The minimum atomic E-state index is 1.00. The second-order valence-corrected chi connectivity index (χ2v) is 5.99. The smallest absolute Gasteiger partial charge is 0.133 e. The van der Waals surface area contributed by atoms with E-state index in [-0.39, 0.29) is 0 Å². The summed E-state index contributed by atoms with van der Waals surface area (Å²) in [7, 11) is 0. The van der Waals surface area contributed by atoms with Gasteiger partial charge in [0.05, 0.1) is 11.4 Å². The molecule has 0 unspecified atom stereocenters. The fourth-order valence-electron chi connectivity index (χ4n) is 3.22. The summed E-state index contributed by atoms with van der Waals surface area (Å²) >= 11 is 0. The Morgan fingerprint density at radius 2 is 1.87 bits per heavy atom. The van der Waals surface area contributed by atoms with Gasteiger partial charge in [0, 0.05) is 30.1 Å². The molecule has 3 aromatic rings. The molecule has 0 aliphatic carbocycles. The summed E-state index contributed by atoms with van der Waals surface area (Å²) in [5, 5.41) is 8.56. The van der Waals surface area contributed by atoms with Crippen molar-refractivity contribution in [2.24, 2.45) is 0 Å². The number of nitrogens with one attached hydrogen (secondary N) is 1. The van der Waals surface area contributed by atoms with Crippen molar-refractivity contribution in [1.29, 1.82) is 0 Å². The van der Waals surface area contributed by atoms with Gasteiger partial charge in [0.2, 0.25) is 0 Å². The summed E-state index contributed by atoms with van der Waals surface area (Å²) in [5.41, 5.74) is 5.88. The summed E-state index contributed by atoms with van der Waals surface area (Å²) in [6, 6.07) is 12.5. The van der Waals surface area contributed by atoms with E-state index in [0.717, 1.165) is 35.7 Å². The average molecular weight is 304 g/mol. The summed E-state index contributed by atoms with van der Waals surface area (Å²) in [4.78, 5) is 4.13. The molecule has 0 saturated carbocycles. The normalized spacial score (nSPS) is 14.0. The Morgan fingerprint density at radius 1 is 1.04 bits per heavy atom. The topological polar surface area (TPSA) is 42.7 Å². The molecule has 2 aromatic heterocycles. The van der Waals surface area contributed by atoms with Crippen molar-refractivity contribution in [3.63, 3.8) is 0 Å². The Labute approximate surface area is 136 Å². The maximum absolute atomic E-state index is 4.96. The second-order valence-electron chi connectivity index (χ2n) is 5.99. The number of anilines is 1. The number of hydrogen-bond donors (Lipinski definition) is 1. The third-order valence-corrected chi connectivity index (χ3v) is 4.43. The van der Waals surface area contributed by atoms with Crippen LogP contribution >= 0.6 is 0 Å². The standard InChI is InChI=1S/C19H20N4/c1-14-6-2-3-8-17(14)23-19-16(7-4-5-11-21-19)18(22-23)15-9-12-20-13-10-15/h2-3,6,8-10,12-13,21H,4-5,7,11H2,1H3. The first-order chi connectivity index (χ1) is 11.3. The molecule has 3 heterocycles. The average Bonchev–Trinajstić information content (AvgIpc) is 2.78. The fraction of sp³-hybridized carbons (Fsp3) is 0.263. The molecule has 1 aliphatic heterocycles. The van der Waals surface area contributed by atoms with Crippen LogP contribution in [0.15, 0.2) is 48.8 Å². The molecule has 0 spiro atoms. The van der Waals surface area contributed by atoms with E-state index in [9.17, 15) is 0 Å². The van der Waals surface area contributed by atoms with Crippen LogP contribution in [0.25, 0.3) is 16.9 Å². The van der Waals surface area contributed by atoms with Gasteiger partial charge in [-0.2, -0.15) is 5.10 Å². The van der Waals surface area contributed by atoms with Crippen molar-refractivity contribution >= 4 is 5.82 Å². The Hall–Kier alpha value is -2.62. The van der Waals surface area contributed by atoms with Gasteiger partial charge < -0.3 is 5.32 Å². The Balaban J connectivity index is 1.94. The predicted molar refractivity (Wildman–Crippen MR) is 93.0 cm³/mol. The quantitative estimate of drug-likeness (QED) is 0.778. The largest absolute Gasteiger partial charge is 0.370 e. The summed E-state index contributed by atoms with van der Waals surface area (Å²) in [6.07, 6.45) is 7.11. The number of benzene rings is 1. The van der Waals surface area contributed by atoms with E-state index in [0.29, 0.717) is 0 Å². The van der Waals surface area contributed by atoms with Crippen LogP contribution in [0.1, 0.15) is 24.0 Å². The number of fused-ring (bicyclic) bond motifs is 1. The number of aromatic nitrogens is 3. The van der Waals surface area contributed by atoms with Crippen molar-refractivity contribution in [3.05, 3.63) is 59.9 Å². The maximum Gasteiger partial charge on any atom is 0.133 e. The minimum absolute atomic E-state index is 1.00. The molecule has 0 fully saturated rings. The van der Waals surface area contributed by atoms with Gasteiger partial charge in [-0.05, 0) is 49.9 Å². The monoisotopic (exact) mass is 304 g/mol. The first-order valence-electron chi connectivity index (χ1n) is 8.17. The maximum atomic E-state index is 4.96. The van der Waals surface area contributed by atoms with Gasteiger partial charge >= 0.3 is 0 Å². The third kappa shape index (κ3) is 2.50. The van der Waals surface area contributed by atoms with Crippen LogP contribution in [0, 0.1) is 6.92 Å². The first-order valence-corrected chi connectivity index (χ1v) is 8.17. The number of nitrogens with zero attached hydrogens (tertiary/aromatic N) is 3. The molecule has 1 aromatic carbocycles. The zero-order valence-electron chi connectivity index (χ0n) is 13.3.